The van der Waals surface area contributed by atoms with E-state index in [1.807, 2.05) is 6.92 Å². The molecule has 0 saturated heterocycles. The lowest BCUT2D eigenvalue weighted by Gasteiger charge is -2.19. The SMILES string of the molecule is Cc1ccc(NC(=O)C[C@@H](NC(N)=O)c2ccccc2Cl)c(O)c1. The monoisotopic (exact) mass is 347 g/mol. The summed E-state index contributed by atoms with van der Waals surface area (Å²) in [5.74, 6) is -0.423. The van der Waals surface area contributed by atoms with E-state index in [0.29, 0.717) is 16.3 Å². The molecule has 0 radical (unpaired) electrons. The average Bonchev–Trinajstić information content (AvgIpc) is 2.49. The lowest BCUT2D eigenvalue weighted by molar-refractivity contribution is -0.116. The third-order valence-corrected chi connectivity index (χ3v) is 3.76. The van der Waals surface area contributed by atoms with Crippen LogP contribution < -0.4 is 16.4 Å². The van der Waals surface area contributed by atoms with Gasteiger partial charge in [-0.1, -0.05) is 35.9 Å². The fourth-order valence-corrected chi connectivity index (χ4v) is 2.57. The second kappa shape index (κ2) is 7.70. The fraction of sp³-hybridized carbons (Fsp3) is 0.176. The third kappa shape index (κ3) is 4.63. The number of carbonyl (C=O) groups excluding carboxylic acids is 2. The van der Waals surface area contributed by atoms with E-state index in [1.54, 1.807) is 42.5 Å². The first-order valence-electron chi connectivity index (χ1n) is 7.26. The number of halogens is 1. The number of urea groups is 1. The van der Waals surface area contributed by atoms with Crippen LogP contribution >= 0.6 is 11.6 Å². The zero-order valence-corrected chi connectivity index (χ0v) is 13.8. The molecule has 0 fully saturated rings. The van der Waals surface area contributed by atoms with E-state index in [0.717, 1.165) is 5.56 Å². The van der Waals surface area contributed by atoms with E-state index < -0.39 is 18.0 Å². The van der Waals surface area contributed by atoms with Crippen molar-refractivity contribution in [1.29, 1.82) is 0 Å². The molecule has 0 aliphatic heterocycles. The van der Waals surface area contributed by atoms with Gasteiger partial charge < -0.3 is 21.5 Å². The maximum atomic E-state index is 12.3. The molecule has 1 atom stereocenters. The van der Waals surface area contributed by atoms with Crippen LogP contribution in [0.3, 0.4) is 0 Å². The molecule has 24 heavy (non-hydrogen) atoms. The molecule has 2 aromatic rings. The van der Waals surface area contributed by atoms with E-state index >= 15 is 0 Å². The van der Waals surface area contributed by atoms with E-state index in [9.17, 15) is 14.7 Å². The average molecular weight is 348 g/mol. The zero-order valence-electron chi connectivity index (χ0n) is 13.0. The maximum absolute atomic E-state index is 12.3. The van der Waals surface area contributed by atoms with Crippen LogP contribution in [-0.4, -0.2) is 17.0 Å². The van der Waals surface area contributed by atoms with E-state index in [4.69, 9.17) is 17.3 Å². The molecule has 0 saturated carbocycles. The van der Waals surface area contributed by atoms with Crippen molar-refractivity contribution in [2.75, 3.05) is 5.32 Å². The molecule has 0 heterocycles. The van der Waals surface area contributed by atoms with Crippen molar-refractivity contribution in [1.82, 2.24) is 5.32 Å². The van der Waals surface area contributed by atoms with Crippen molar-refractivity contribution in [3.05, 3.63) is 58.6 Å². The molecule has 3 amide bonds. The first kappa shape index (κ1) is 17.6. The first-order valence-corrected chi connectivity index (χ1v) is 7.64. The van der Waals surface area contributed by atoms with Crippen LogP contribution in [0.25, 0.3) is 0 Å². The Morgan fingerprint density at radius 3 is 2.58 bits per heavy atom. The highest BCUT2D eigenvalue weighted by Gasteiger charge is 2.20. The van der Waals surface area contributed by atoms with Gasteiger partial charge in [-0.3, -0.25) is 4.79 Å². The van der Waals surface area contributed by atoms with Gasteiger partial charge >= 0.3 is 6.03 Å². The number of hydrogen-bond acceptors (Lipinski definition) is 3. The Hall–Kier alpha value is -2.73. The van der Waals surface area contributed by atoms with Crippen LogP contribution in [0, 0.1) is 6.92 Å². The fourth-order valence-electron chi connectivity index (χ4n) is 2.30. The number of rotatable bonds is 5. The molecule has 126 valence electrons. The number of anilines is 1. The predicted octanol–water partition coefficient (Wildman–Crippen LogP) is 3.09. The summed E-state index contributed by atoms with van der Waals surface area (Å²) in [6.45, 7) is 1.83. The van der Waals surface area contributed by atoms with Crippen molar-refractivity contribution in [3.63, 3.8) is 0 Å². The molecule has 7 heteroatoms. The second-order valence-electron chi connectivity index (χ2n) is 5.36. The number of nitrogens with one attached hydrogen (secondary N) is 2. The normalized spacial score (nSPS) is 11.6. The molecule has 0 bridgehead atoms. The molecule has 0 aliphatic carbocycles. The lowest BCUT2D eigenvalue weighted by Crippen LogP contribution is -2.35. The highest BCUT2D eigenvalue weighted by Crippen LogP contribution is 2.27. The smallest absolute Gasteiger partial charge is 0.312 e. The molecular weight excluding hydrogens is 330 g/mol. The molecule has 0 aromatic heterocycles. The van der Waals surface area contributed by atoms with E-state index in [-0.39, 0.29) is 12.2 Å². The first-order chi connectivity index (χ1) is 11.4. The Morgan fingerprint density at radius 2 is 1.96 bits per heavy atom. The standard InChI is InChI=1S/C17H18ClN3O3/c1-10-6-7-13(15(22)8-10)20-16(23)9-14(21-17(19)24)11-4-2-3-5-12(11)18/h2-8,14,22H,9H2,1H3,(H,20,23)(H3,19,21,24)/t14-/m1/s1. The number of aromatic hydroxyl groups is 1. The summed E-state index contributed by atoms with van der Waals surface area (Å²) in [6, 6.07) is 10.4. The number of primary amides is 1. The summed E-state index contributed by atoms with van der Waals surface area (Å²) < 4.78 is 0. The van der Waals surface area contributed by atoms with Crippen LogP contribution in [0.2, 0.25) is 5.02 Å². The summed E-state index contributed by atoms with van der Waals surface area (Å²) in [7, 11) is 0. The van der Waals surface area contributed by atoms with Gasteiger partial charge in [0.25, 0.3) is 0 Å². The molecule has 0 unspecified atom stereocenters. The topological polar surface area (TPSA) is 104 Å². The maximum Gasteiger partial charge on any atom is 0.312 e. The Balaban J connectivity index is 2.15. The van der Waals surface area contributed by atoms with Crippen LogP contribution in [0.5, 0.6) is 5.75 Å². The number of nitrogens with two attached hydrogens (primary N) is 1. The molecule has 2 rings (SSSR count). The van der Waals surface area contributed by atoms with Gasteiger partial charge in [-0.05, 0) is 36.2 Å². The summed E-state index contributed by atoms with van der Waals surface area (Å²) >= 11 is 6.12. The molecule has 6 nitrogen and oxygen atoms in total. The van der Waals surface area contributed by atoms with Gasteiger partial charge in [0.15, 0.2) is 0 Å². The van der Waals surface area contributed by atoms with Gasteiger partial charge in [0.1, 0.15) is 5.75 Å². The van der Waals surface area contributed by atoms with Gasteiger partial charge in [0.05, 0.1) is 18.2 Å². The van der Waals surface area contributed by atoms with Gasteiger partial charge in [-0.25, -0.2) is 4.79 Å². The molecule has 5 N–H and O–H groups in total. The second-order valence-corrected chi connectivity index (χ2v) is 5.76. The Labute approximate surface area is 144 Å². The summed E-state index contributed by atoms with van der Waals surface area (Å²) in [4.78, 5) is 23.5. The minimum Gasteiger partial charge on any atom is -0.506 e. The molecule has 2 aromatic carbocycles. The molecular formula is C17H18ClN3O3. The van der Waals surface area contributed by atoms with Crippen molar-refractivity contribution >= 4 is 29.2 Å². The van der Waals surface area contributed by atoms with E-state index in [2.05, 4.69) is 10.6 Å². The number of hydrogen-bond donors (Lipinski definition) is 4. The van der Waals surface area contributed by atoms with Gasteiger partial charge in [-0.15, -0.1) is 0 Å². The minimum absolute atomic E-state index is 0.0273. The lowest BCUT2D eigenvalue weighted by atomic mass is 10.0. The number of carbonyl (C=O) groups is 2. The minimum atomic E-state index is -0.758. The number of aryl methyl sites for hydroxylation is 1. The van der Waals surface area contributed by atoms with Crippen molar-refractivity contribution < 1.29 is 14.7 Å². The zero-order chi connectivity index (χ0) is 17.7. The molecule has 0 aliphatic rings. The third-order valence-electron chi connectivity index (χ3n) is 3.41. The number of amides is 3. The number of phenolic OH excluding ortho intramolecular Hbond substituents is 1. The van der Waals surface area contributed by atoms with Crippen molar-refractivity contribution in [3.8, 4) is 5.75 Å². The highest BCUT2D eigenvalue weighted by molar-refractivity contribution is 6.31. The van der Waals surface area contributed by atoms with Crippen LogP contribution in [-0.2, 0) is 4.79 Å². The Kier molecular flexibility index (Phi) is 5.65. The van der Waals surface area contributed by atoms with Gasteiger partial charge in [0.2, 0.25) is 5.91 Å². The van der Waals surface area contributed by atoms with Crippen LogP contribution in [0.1, 0.15) is 23.6 Å². The Morgan fingerprint density at radius 1 is 1.25 bits per heavy atom. The number of benzene rings is 2. The van der Waals surface area contributed by atoms with Crippen molar-refractivity contribution in [2.45, 2.75) is 19.4 Å². The summed E-state index contributed by atoms with van der Waals surface area (Å²) in [6.07, 6.45) is -0.0833. The van der Waals surface area contributed by atoms with Crippen LogP contribution in [0.4, 0.5) is 10.5 Å². The largest absolute Gasteiger partial charge is 0.506 e. The molecule has 0 spiro atoms. The predicted molar refractivity (Wildman–Crippen MR) is 93.0 cm³/mol. The summed E-state index contributed by atoms with van der Waals surface area (Å²) in [5, 5.41) is 15.4. The van der Waals surface area contributed by atoms with Gasteiger partial charge in [0, 0.05) is 5.02 Å². The quantitative estimate of drug-likeness (QED) is 0.624. The Bertz CT molecular complexity index is 764. The van der Waals surface area contributed by atoms with E-state index in [1.165, 1.54) is 0 Å². The highest BCUT2D eigenvalue weighted by atomic mass is 35.5. The van der Waals surface area contributed by atoms with Crippen LogP contribution in [0.15, 0.2) is 42.5 Å². The summed E-state index contributed by atoms with van der Waals surface area (Å²) in [5.41, 5.74) is 6.93. The van der Waals surface area contributed by atoms with Gasteiger partial charge in [-0.2, -0.15) is 0 Å². The van der Waals surface area contributed by atoms with Crippen molar-refractivity contribution in [2.24, 2.45) is 5.73 Å². The number of phenols is 1.